The van der Waals surface area contributed by atoms with E-state index in [4.69, 9.17) is 5.73 Å². The molecule has 74 valence electrons. The predicted molar refractivity (Wildman–Crippen MR) is 50.3 cm³/mol. The maximum Gasteiger partial charge on any atom is 0.216 e. The zero-order valence-electron chi connectivity index (χ0n) is 7.92. The van der Waals surface area contributed by atoms with Gasteiger partial charge in [0, 0.05) is 6.54 Å². The fraction of sp³-hybridized carbons (Fsp3) is 1.00. The van der Waals surface area contributed by atoms with Crippen molar-refractivity contribution < 1.29 is 8.42 Å². The van der Waals surface area contributed by atoms with E-state index in [0.717, 1.165) is 0 Å². The maximum absolute atomic E-state index is 11.4. The first-order valence-corrected chi connectivity index (χ1v) is 5.49. The quantitative estimate of drug-likeness (QED) is 0.621. The molecule has 4 nitrogen and oxygen atoms in total. The van der Waals surface area contributed by atoms with Gasteiger partial charge < -0.3 is 5.73 Å². The van der Waals surface area contributed by atoms with E-state index < -0.39 is 14.8 Å². The molecule has 3 N–H and O–H groups in total. The van der Waals surface area contributed by atoms with Crippen molar-refractivity contribution in [1.29, 1.82) is 0 Å². The summed E-state index contributed by atoms with van der Waals surface area (Å²) in [5.74, 6) is 0. The highest BCUT2D eigenvalue weighted by molar-refractivity contribution is 7.90. The molecule has 0 saturated heterocycles. The van der Waals surface area contributed by atoms with Gasteiger partial charge in [0.25, 0.3) is 0 Å². The Bertz CT molecular complexity index is 216. The van der Waals surface area contributed by atoms with Gasteiger partial charge in [0.2, 0.25) is 10.0 Å². The first-order valence-electron chi connectivity index (χ1n) is 4.00. The molecule has 0 radical (unpaired) electrons. The lowest BCUT2D eigenvalue weighted by Crippen LogP contribution is -2.40. The average molecular weight is 194 g/mol. The second kappa shape index (κ2) is 4.20. The summed E-state index contributed by atoms with van der Waals surface area (Å²) in [6.07, 6.45) is 0.676. The van der Waals surface area contributed by atoms with Crippen LogP contribution < -0.4 is 10.5 Å². The van der Waals surface area contributed by atoms with Crippen molar-refractivity contribution in [2.45, 2.75) is 31.9 Å². The molecule has 0 bridgehead atoms. The Kier molecular flexibility index (Phi) is 4.16. The van der Waals surface area contributed by atoms with Crippen LogP contribution in [-0.2, 0) is 10.0 Å². The van der Waals surface area contributed by atoms with Gasteiger partial charge in [-0.15, -0.1) is 0 Å². The van der Waals surface area contributed by atoms with Gasteiger partial charge >= 0.3 is 0 Å². The number of hydrogen-bond acceptors (Lipinski definition) is 3. The van der Waals surface area contributed by atoms with Crippen LogP contribution in [0.2, 0.25) is 0 Å². The molecule has 0 aliphatic heterocycles. The second-order valence-corrected chi connectivity index (χ2v) is 6.17. The first-order chi connectivity index (χ1) is 5.31. The van der Waals surface area contributed by atoms with Crippen LogP contribution >= 0.6 is 0 Å². The summed E-state index contributed by atoms with van der Waals surface area (Å²) in [6.45, 7) is 5.93. The number of nitrogens with one attached hydrogen (secondary N) is 1. The molecular weight excluding hydrogens is 176 g/mol. The molecule has 0 rings (SSSR count). The van der Waals surface area contributed by atoms with Gasteiger partial charge in [-0.2, -0.15) is 0 Å². The van der Waals surface area contributed by atoms with Crippen LogP contribution in [0.25, 0.3) is 0 Å². The van der Waals surface area contributed by atoms with E-state index in [2.05, 4.69) is 4.72 Å². The summed E-state index contributed by atoms with van der Waals surface area (Å²) in [6, 6.07) is 0. The van der Waals surface area contributed by atoms with Crippen molar-refractivity contribution >= 4 is 10.0 Å². The minimum absolute atomic E-state index is 0.427. The molecule has 0 aliphatic rings. The Balaban J connectivity index is 4.08. The molecule has 0 aromatic rings. The van der Waals surface area contributed by atoms with Crippen LogP contribution in [0, 0.1) is 0 Å². The lowest BCUT2D eigenvalue weighted by molar-refractivity contribution is 0.543. The van der Waals surface area contributed by atoms with Crippen molar-refractivity contribution in [3.8, 4) is 0 Å². The normalized spacial score (nSPS) is 13.3. The fourth-order valence-corrected chi connectivity index (χ4v) is 1.37. The standard InChI is InChI=1S/C7H18N2O2S/c1-7(2,3)12(10,11)9-6-4-5-8/h9H,4-6,8H2,1-3H3. The highest BCUT2D eigenvalue weighted by Gasteiger charge is 2.27. The fourth-order valence-electron chi connectivity index (χ4n) is 0.525. The van der Waals surface area contributed by atoms with Crippen LogP contribution in [0.15, 0.2) is 0 Å². The molecule has 0 aromatic heterocycles. The van der Waals surface area contributed by atoms with E-state index in [1.807, 2.05) is 0 Å². The van der Waals surface area contributed by atoms with E-state index in [-0.39, 0.29) is 0 Å². The highest BCUT2D eigenvalue weighted by atomic mass is 32.2. The average Bonchev–Trinajstić information content (AvgIpc) is 1.85. The van der Waals surface area contributed by atoms with Crippen LogP contribution in [0.1, 0.15) is 27.2 Å². The smallest absolute Gasteiger partial charge is 0.216 e. The molecule has 0 unspecified atom stereocenters. The minimum Gasteiger partial charge on any atom is -0.330 e. The van der Waals surface area contributed by atoms with E-state index in [0.29, 0.717) is 19.5 Å². The zero-order valence-corrected chi connectivity index (χ0v) is 8.74. The van der Waals surface area contributed by atoms with Gasteiger partial charge in [-0.25, -0.2) is 13.1 Å². The Labute approximate surface area is 74.6 Å². The summed E-state index contributed by atoms with van der Waals surface area (Å²) < 4.78 is 24.5. The number of rotatable bonds is 4. The topological polar surface area (TPSA) is 72.2 Å². The van der Waals surface area contributed by atoms with Crippen LogP contribution in [0.4, 0.5) is 0 Å². The maximum atomic E-state index is 11.4. The lowest BCUT2D eigenvalue weighted by atomic mass is 10.3. The van der Waals surface area contributed by atoms with Crippen molar-refractivity contribution in [1.82, 2.24) is 4.72 Å². The number of hydrogen-bond donors (Lipinski definition) is 2. The first kappa shape index (κ1) is 11.9. The molecule has 0 spiro atoms. The van der Waals surface area contributed by atoms with E-state index in [1.54, 1.807) is 20.8 Å². The van der Waals surface area contributed by atoms with Crippen molar-refractivity contribution in [3.05, 3.63) is 0 Å². The molecule has 0 saturated carbocycles. The third-order valence-electron chi connectivity index (χ3n) is 1.48. The molecule has 5 heteroatoms. The third-order valence-corrected chi connectivity index (χ3v) is 3.68. The minimum atomic E-state index is -3.18. The largest absolute Gasteiger partial charge is 0.330 e. The Morgan fingerprint density at radius 3 is 2.17 bits per heavy atom. The van der Waals surface area contributed by atoms with Crippen LogP contribution in [0.5, 0.6) is 0 Å². The molecule has 0 fully saturated rings. The van der Waals surface area contributed by atoms with Crippen molar-refractivity contribution in [2.24, 2.45) is 5.73 Å². The van der Waals surface area contributed by atoms with Gasteiger partial charge in [-0.1, -0.05) is 0 Å². The van der Waals surface area contributed by atoms with Crippen LogP contribution in [-0.4, -0.2) is 26.3 Å². The van der Waals surface area contributed by atoms with E-state index >= 15 is 0 Å². The Hall–Kier alpha value is -0.130. The number of nitrogens with two attached hydrogens (primary N) is 1. The third kappa shape index (κ3) is 3.51. The molecule has 0 aromatic carbocycles. The summed E-state index contributed by atoms with van der Waals surface area (Å²) in [5.41, 5.74) is 5.23. The molecule has 0 amide bonds. The van der Waals surface area contributed by atoms with Crippen molar-refractivity contribution in [3.63, 3.8) is 0 Å². The predicted octanol–water partition coefficient (Wildman–Crippen LogP) is 0.0531. The van der Waals surface area contributed by atoms with Crippen LogP contribution in [0.3, 0.4) is 0 Å². The van der Waals surface area contributed by atoms with Gasteiger partial charge in [-0.05, 0) is 33.7 Å². The zero-order chi connectivity index (χ0) is 9.83. The molecule has 0 atom stereocenters. The van der Waals surface area contributed by atoms with Gasteiger partial charge in [0.1, 0.15) is 0 Å². The van der Waals surface area contributed by atoms with E-state index in [9.17, 15) is 8.42 Å². The van der Waals surface area contributed by atoms with Gasteiger partial charge in [-0.3, -0.25) is 0 Å². The van der Waals surface area contributed by atoms with Gasteiger partial charge in [0.05, 0.1) is 4.75 Å². The van der Waals surface area contributed by atoms with Gasteiger partial charge in [0.15, 0.2) is 0 Å². The Morgan fingerprint density at radius 1 is 1.33 bits per heavy atom. The lowest BCUT2D eigenvalue weighted by Gasteiger charge is -2.19. The monoisotopic (exact) mass is 194 g/mol. The Morgan fingerprint density at radius 2 is 1.83 bits per heavy atom. The molecule has 0 aliphatic carbocycles. The second-order valence-electron chi connectivity index (χ2n) is 3.65. The summed E-state index contributed by atoms with van der Waals surface area (Å²) in [5, 5.41) is 0. The number of sulfonamides is 1. The molecular formula is C7H18N2O2S. The van der Waals surface area contributed by atoms with Crippen molar-refractivity contribution in [2.75, 3.05) is 13.1 Å². The van der Waals surface area contributed by atoms with E-state index in [1.165, 1.54) is 0 Å². The molecule has 12 heavy (non-hydrogen) atoms. The summed E-state index contributed by atoms with van der Waals surface area (Å²) >= 11 is 0. The highest BCUT2D eigenvalue weighted by Crippen LogP contribution is 2.12. The summed E-state index contributed by atoms with van der Waals surface area (Å²) in [4.78, 5) is 0. The molecule has 0 heterocycles. The summed E-state index contributed by atoms with van der Waals surface area (Å²) in [7, 11) is -3.18. The SMILES string of the molecule is CC(C)(C)S(=O)(=O)NCCCN.